The lowest BCUT2D eigenvalue weighted by Gasteiger charge is -2.25. The van der Waals surface area contributed by atoms with Gasteiger partial charge >= 0.3 is 0 Å². The highest BCUT2D eigenvalue weighted by atomic mass is 15.2. The third kappa shape index (κ3) is 3.56. The minimum absolute atomic E-state index is 0.388. The SMILES string of the molecule is CC(NC1CCCN(C(C)C)CC1)c1cn[nH]c1. The number of aromatic amines is 1. The zero-order chi connectivity index (χ0) is 13.0. The molecule has 4 heteroatoms. The molecule has 1 aromatic heterocycles. The van der Waals surface area contributed by atoms with E-state index in [2.05, 4.69) is 41.2 Å². The minimum Gasteiger partial charge on any atom is -0.307 e. The first-order valence-electron chi connectivity index (χ1n) is 7.15. The lowest BCUT2D eigenvalue weighted by atomic mass is 10.1. The summed E-state index contributed by atoms with van der Waals surface area (Å²) in [5.74, 6) is 0. The summed E-state index contributed by atoms with van der Waals surface area (Å²) in [7, 11) is 0. The highest BCUT2D eigenvalue weighted by molar-refractivity contribution is 5.08. The van der Waals surface area contributed by atoms with Crippen molar-refractivity contribution in [1.29, 1.82) is 0 Å². The molecule has 4 nitrogen and oxygen atoms in total. The second-order valence-electron chi connectivity index (χ2n) is 5.68. The first kappa shape index (κ1) is 13.6. The van der Waals surface area contributed by atoms with Crippen LogP contribution in [0, 0.1) is 0 Å². The third-order valence-corrected chi connectivity index (χ3v) is 4.00. The molecule has 2 atom stereocenters. The van der Waals surface area contributed by atoms with Crippen molar-refractivity contribution in [3.8, 4) is 0 Å². The van der Waals surface area contributed by atoms with Gasteiger partial charge in [-0.05, 0) is 53.1 Å². The third-order valence-electron chi connectivity index (χ3n) is 4.00. The average molecular weight is 250 g/mol. The average Bonchev–Trinajstić information content (AvgIpc) is 2.77. The number of nitrogens with one attached hydrogen (secondary N) is 2. The lowest BCUT2D eigenvalue weighted by Crippen LogP contribution is -2.34. The van der Waals surface area contributed by atoms with Gasteiger partial charge in [-0.25, -0.2) is 0 Å². The van der Waals surface area contributed by atoms with E-state index < -0.39 is 0 Å². The van der Waals surface area contributed by atoms with Crippen LogP contribution in [0.25, 0.3) is 0 Å². The Morgan fingerprint density at radius 1 is 1.33 bits per heavy atom. The van der Waals surface area contributed by atoms with Gasteiger partial charge in [0.05, 0.1) is 6.20 Å². The summed E-state index contributed by atoms with van der Waals surface area (Å²) in [4.78, 5) is 2.59. The molecule has 1 aromatic rings. The van der Waals surface area contributed by atoms with E-state index in [1.165, 1.54) is 37.9 Å². The molecule has 18 heavy (non-hydrogen) atoms. The molecular weight excluding hydrogens is 224 g/mol. The summed E-state index contributed by atoms with van der Waals surface area (Å²) in [5, 5.41) is 10.6. The molecule has 0 amide bonds. The predicted octanol–water partition coefficient (Wildman–Crippen LogP) is 2.32. The fraction of sp³-hybridized carbons (Fsp3) is 0.786. The maximum Gasteiger partial charge on any atom is 0.0534 e. The quantitative estimate of drug-likeness (QED) is 0.862. The Morgan fingerprint density at radius 2 is 2.17 bits per heavy atom. The van der Waals surface area contributed by atoms with Crippen LogP contribution in [0.3, 0.4) is 0 Å². The molecule has 0 radical (unpaired) electrons. The Hall–Kier alpha value is -0.870. The van der Waals surface area contributed by atoms with Gasteiger partial charge in [-0.3, -0.25) is 5.10 Å². The van der Waals surface area contributed by atoms with Crippen LogP contribution in [0.4, 0.5) is 0 Å². The molecule has 2 heterocycles. The fourth-order valence-electron chi connectivity index (χ4n) is 2.75. The Morgan fingerprint density at radius 3 is 2.83 bits per heavy atom. The van der Waals surface area contributed by atoms with Crippen molar-refractivity contribution >= 4 is 0 Å². The summed E-state index contributed by atoms with van der Waals surface area (Å²) in [6.45, 7) is 9.27. The molecule has 0 aromatic carbocycles. The van der Waals surface area contributed by atoms with Crippen molar-refractivity contribution in [3.05, 3.63) is 18.0 Å². The summed E-state index contributed by atoms with van der Waals surface area (Å²) in [6, 6.07) is 1.70. The van der Waals surface area contributed by atoms with Gasteiger partial charge in [0.15, 0.2) is 0 Å². The van der Waals surface area contributed by atoms with Crippen LogP contribution in [0.15, 0.2) is 12.4 Å². The minimum atomic E-state index is 0.388. The molecule has 0 spiro atoms. The van der Waals surface area contributed by atoms with Crippen LogP contribution in [0.5, 0.6) is 0 Å². The maximum atomic E-state index is 4.02. The molecule has 102 valence electrons. The topological polar surface area (TPSA) is 44.0 Å². The van der Waals surface area contributed by atoms with E-state index in [-0.39, 0.29) is 0 Å². The van der Waals surface area contributed by atoms with Crippen LogP contribution in [-0.2, 0) is 0 Å². The standard InChI is InChI=1S/C14H26N4/c1-11(2)18-7-4-5-14(6-8-18)17-12(3)13-9-15-16-10-13/h9-12,14,17H,4-8H2,1-3H3,(H,15,16). The molecule has 1 saturated heterocycles. The summed E-state index contributed by atoms with van der Waals surface area (Å²) in [6.07, 6.45) is 7.73. The van der Waals surface area contributed by atoms with Crippen LogP contribution in [0.2, 0.25) is 0 Å². The van der Waals surface area contributed by atoms with Crippen molar-refractivity contribution in [2.24, 2.45) is 0 Å². The van der Waals surface area contributed by atoms with Gasteiger partial charge in [-0.1, -0.05) is 0 Å². The Kier molecular flexibility index (Phi) is 4.78. The van der Waals surface area contributed by atoms with Gasteiger partial charge < -0.3 is 10.2 Å². The zero-order valence-corrected chi connectivity index (χ0v) is 11.8. The molecule has 0 saturated carbocycles. The highest BCUT2D eigenvalue weighted by Crippen LogP contribution is 2.17. The Balaban J connectivity index is 1.83. The first-order chi connectivity index (χ1) is 8.66. The molecule has 0 aliphatic carbocycles. The van der Waals surface area contributed by atoms with Crippen molar-refractivity contribution in [1.82, 2.24) is 20.4 Å². The van der Waals surface area contributed by atoms with Crippen molar-refractivity contribution in [2.45, 2.75) is 58.2 Å². The molecule has 1 aliphatic heterocycles. The number of aromatic nitrogens is 2. The highest BCUT2D eigenvalue weighted by Gasteiger charge is 2.20. The zero-order valence-electron chi connectivity index (χ0n) is 11.8. The van der Waals surface area contributed by atoms with Crippen molar-refractivity contribution in [2.75, 3.05) is 13.1 Å². The number of likely N-dealkylation sites (tertiary alicyclic amines) is 1. The molecule has 2 N–H and O–H groups in total. The Bertz CT molecular complexity index is 334. The second kappa shape index (κ2) is 6.34. The van der Waals surface area contributed by atoms with E-state index >= 15 is 0 Å². The van der Waals surface area contributed by atoms with Crippen LogP contribution in [0.1, 0.15) is 51.6 Å². The van der Waals surface area contributed by atoms with Gasteiger partial charge in [0.2, 0.25) is 0 Å². The summed E-state index contributed by atoms with van der Waals surface area (Å²) < 4.78 is 0. The van der Waals surface area contributed by atoms with Gasteiger partial charge in [0.25, 0.3) is 0 Å². The van der Waals surface area contributed by atoms with Crippen LogP contribution in [-0.4, -0.2) is 40.3 Å². The molecule has 2 rings (SSSR count). The van der Waals surface area contributed by atoms with Crippen LogP contribution < -0.4 is 5.32 Å². The van der Waals surface area contributed by atoms with E-state index in [1.54, 1.807) is 0 Å². The number of rotatable bonds is 4. The number of nitrogens with zero attached hydrogens (tertiary/aromatic N) is 2. The second-order valence-corrected chi connectivity index (χ2v) is 5.68. The van der Waals surface area contributed by atoms with E-state index in [1.807, 2.05) is 12.4 Å². The molecule has 1 fully saturated rings. The number of hydrogen-bond donors (Lipinski definition) is 2. The predicted molar refractivity (Wildman–Crippen MR) is 74.5 cm³/mol. The monoisotopic (exact) mass is 250 g/mol. The molecule has 2 unspecified atom stereocenters. The van der Waals surface area contributed by atoms with Crippen LogP contribution >= 0.6 is 0 Å². The first-order valence-corrected chi connectivity index (χ1v) is 7.15. The summed E-state index contributed by atoms with van der Waals surface area (Å²) >= 11 is 0. The van der Waals surface area contributed by atoms with Gasteiger partial charge in [-0.15, -0.1) is 0 Å². The normalized spacial score (nSPS) is 24.1. The fourth-order valence-corrected chi connectivity index (χ4v) is 2.75. The number of H-pyrrole nitrogens is 1. The van der Waals surface area contributed by atoms with Crippen molar-refractivity contribution in [3.63, 3.8) is 0 Å². The van der Waals surface area contributed by atoms with E-state index in [0.29, 0.717) is 18.1 Å². The van der Waals surface area contributed by atoms with E-state index in [4.69, 9.17) is 0 Å². The lowest BCUT2D eigenvalue weighted by molar-refractivity contribution is 0.228. The maximum absolute atomic E-state index is 4.02. The van der Waals surface area contributed by atoms with E-state index in [0.717, 1.165) is 0 Å². The molecular formula is C14H26N4. The van der Waals surface area contributed by atoms with Gasteiger partial charge in [0.1, 0.15) is 0 Å². The van der Waals surface area contributed by atoms with E-state index in [9.17, 15) is 0 Å². The van der Waals surface area contributed by atoms with Gasteiger partial charge in [0, 0.05) is 29.9 Å². The molecule has 0 bridgehead atoms. The Labute approximate surface area is 110 Å². The van der Waals surface area contributed by atoms with Crippen molar-refractivity contribution < 1.29 is 0 Å². The number of hydrogen-bond acceptors (Lipinski definition) is 3. The summed E-state index contributed by atoms with van der Waals surface area (Å²) in [5.41, 5.74) is 1.25. The van der Waals surface area contributed by atoms with Gasteiger partial charge in [-0.2, -0.15) is 5.10 Å². The molecule has 1 aliphatic rings. The smallest absolute Gasteiger partial charge is 0.0534 e. The largest absolute Gasteiger partial charge is 0.307 e.